The molecule has 0 aliphatic heterocycles. The monoisotopic (exact) mass is 220 g/mol. The lowest BCUT2D eigenvalue weighted by Crippen LogP contribution is -2.20. The molecule has 1 aromatic rings. The van der Waals surface area contributed by atoms with Crippen molar-refractivity contribution in [3.8, 4) is 0 Å². The van der Waals surface area contributed by atoms with E-state index in [0.29, 0.717) is 12.2 Å². The van der Waals surface area contributed by atoms with Gasteiger partial charge in [-0.2, -0.15) is 0 Å². The van der Waals surface area contributed by atoms with Gasteiger partial charge >= 0.3 is 0 Å². The maximum Gasteiger partial charge on any atom is 0.216 e. The first-order valence-corrected chi connectivity index (χ1v) is 5.19. The third kappa shape index (κ3) is 4.70. The quantitative estimate of drug-likeness (QED) is 0.731. The Morgan fingerprint density at radius 2 is 2.38 bits per heavy atom. The molecule has 0 aliphatic rings. The Balaban J connectivity index is 2.35. The van der Waals surface area contributed by atoms with E-state index in [2.05, 4.69) is 10.3 Å². The van der Waals surface area contributed by atoms with E-state index in [1.807, 2.05) is 18.2 Å². The number of nitrogens with zero attached hydrogens (tertiary/aromatic N) is 1. The highest BCUT2D eigenvalue weighted by Crippen LogP contribution is 2.02. The van der Waals surface area contributed by atoms with Crippen molar-refractivity contribution in [3.63, 3.8) is 0 Å². The van der Waals surface area contributed by atoms with Gasteiger partial charge in [-0.3, -0.25) is 9.78 Å². The van der Waals surface area contributed by atoms with Crippen molar-refractivity contribution in [2.75, 3.05) is 6.54 Å². The number of rotatable bonds is 5. The number of amides is 1. The van der Waals surface area contributed by atoms with Gasteiger partial charge in [0.05, 0.1) is 12.3 Å². The molecule has 0 radical (unpaired) electrons. The highest BCUT2D eigenvalue weighted by atomic mass is 16.3. The van der Waals surface area contributed by atoms with E-state index in [-0.39, 0.29) is 12.5 Å². The number of hydrogen-bond acceptors (Lipinski definition) is 3. The predicted octanol–water partition coefficient (Wildman–Crippen LogP) is 1.11. The molecule has 1 amide bonds. The Morgan fingerprint density at radius 3 is 2.94 bits per heavy atom. The summed E-state index contributed by atoms with van der Waals surface area (Å²) in [6, 6.07) is 3.68. The van der Waals surface area contributed by atoms with Crippen LogP contribution in [0.2, 0.25) is 0 Å². The van der Waals surface area contributed by atoms with E-state index >= 15 is 0 Å². The van der Waals surface area contributed by atoms with Gasteiger partial charge in [0.2, 0.25) is 5.91 Å². The van der Waals surface area contributed by atoms with Gasteiger partial charge < -0.3 is 10.4 Å². The van der Waals surface area contributed by atoms with Crippen LogP contribution in [-0.2, 0) is 11.4 Å². The van der Waals surface area contributed by atoms with Crippen molar-refractivity contribution in [1.29, 1.82) is 0 Å². The topological polar surface area (TPSA) is 62.2 Å². The summed E-state index contributed by atoms with van der Waals surface area (Å²) < 4.78 is 0. The molecule has 0 aromatic carbocycles. The smallest absolute Gasteiger partial charge is 0.216 e. The minimum absolute atomic E-state index is 0.0117. The van der Waals surface area contributed by atoms with E-state index in [1.54, 1.807) is 12.3 Å². The molecule has 0 fully saturated rings. The van der Waals surface area contributed by atoms with Gasteiger partial charge in [0.1, 0.15) is 0 Å². The average molecular weight is 220 g/mol. The summed E-state index contributed by atoms with van der Waals surface area (Å²) in [6.07, 6.45) is 6.42. The zero-order valence-electron chi connectivity index (χ0n) is 9.31. The zero-order chi connectivity index (χ0) is 11.8. The Labute approximate surface area is 95.0 Å². The summed E-state index contributed by atoms with van der Waals surface area (Å²) in [7, 11) is 0. The minimum Gasteiger partial charge on any atom is -0.390 e. The van der Waals surface area contributed by atoms with Crippen molar-refractivity contribution in [2.45, 2.75) is 20.0 Å². The van der Waals surface area contributed by atoms with Crippen molar-refractivity contribution in [1.82, 2.24) is 10.3 Å². The van der Waals surface area contributed by atoms with Gasteiger partial charge in [0.15, 0.2) is 0 Å². The molecule has 4 heteroatoms. The molecule has 0 spiro atoms. The van der Waals surface area contributed by atoms with Crippen LogP contribution in [0.3, 0.4) is 0 Å². The minimum atomic E-state index is -0.0352. The Bertz CT molecular complexity index is 358. The molecule has 1 heterocycles. The third-order valence-corrected chi connectivity index (χ3v) is 2.00. The van der Waals surface area contributed by atoms with Crippen LogP contribution in [0, 0.1) is 0 Å². The summed E-state index contributed by atoms with van der Waals surface area (Å²) in [6.45, 7) is 2.11. The molecule has 0 aliphatic carbocycles. The number of pyridine rings is 1. The lowest BCUT2D eigenvalue weighted by Gasteiger charge is -1.98. The van der Waals surface area contributed by atoms with Gasteiger partial charge in [-0.05, 0) is 18.1 Å². The lowest BCUT2D eigenvalue weighted by molar-refractivity contribution is -0.118. The van der Waals surface area contributed by atoms with Crippen LogP contribution in [0.1, 0.15) is 24.6 Å². The Hall–Kier alpha value is -1.68. The maximum absolute atomic E-state index is 10.6. The van der Waals surface area contributed by atoms with Gasteiger partial charge in [-0.1, -0.05) is 18.2 Å². The third-order valence-electron chi connectivity index (χ3n) is 2.00. The summed E-state index contributed by atoms with van der Waals surface area (Å²) in [5.74, 6) is -0.0117. The Morgan fingerprint density at radius 1 is 1.56 bits per heavy atom. The second-order valence-corrected chi connectivity index (χ2v) is 3.41. The van der Waals surface area contributed by atoms with E-state index in [4.69, 9.17) is 5.11 Å². The van der Waals surface area contributed by atoms with Gasteiger partial charge in [-0.25, -0.2) is 0 Å². The van der Waals surface area contributed by atoms with Crippen LogP contribution in [0.5, 0.6) is 0 Å². The molecule has 0 bridgehead atoms. The molecule has 1 aromatic heterocycles. The fourth-order valence-corrected chi connectivity index (χ4v) is 1.18. The first kappa shape index (κ1) is 12.4. The van der Waals surface area contributed by atoms with Crippen molar-refractivity contribution < 1.29 is 9.90 Å². The standard InChI is InChI=1S/C12H16N2O2/c1-10(16)13-7-3-2-4-11-5-6-12(9-15)14-8-11/h2,4-6,8,15H,3,7,9H2,1H3,(H,13,16). The van der Waals surface area contributed by atoms with Crippen LogP contribution in [-0.4, -0.2) is 22.5 Å². The largest absolute Gasteiger partial charge is 0.390 e. The number of carbonyl (C=O) groups excluding carboxylic acids is 1. The van der Waals surface area contributed by atoms with Crippen LogP contribution in [0.4, 0.5) is 0 Å². The second kappa shape index (κ2) is 6.74. The summed E-state index contributed by atoms with van der Waals surface area (Å²) in [4.78, 5) is 14.6. The predicted molar refractivity (Wildman–Crippen MR) is 62.5 cm³/mol. The molecule has 0 saturated heterocycles. The van der Waals surface area contributed by atoms with Crippen LogP contribution in [0.25, 0.3) is 6.08 Å². The number of aliphatic hydroxyl groups excluding tert-OH is 1. The highest BCUT2D eigenvalue weighted by molar-refractivity contribution is 5.72. The first-order chi connectivity index (χ1) is 7.72. The summed E-state index contributed by atoms with van der Waals surface area (Å²) >= 11 is 0. The number of hydrogen-bond donors (Lipinski definition) is 2. The summed E-state index contributed by atoms with van der Waals surface area (Å²) in [5, 5.41) is 11.5. The number of nitrogens with one attached hydrogen (secondary N) is 1. The molecular formula is C12H16N2O2. The van der Waals surface area contributed by atoms with E-state index in [9.17, 15) is 4.79 Å². The SMILES string of the molecule is CC(=O)NCCC=Cc1ccc(CO)nc1. The van der Waals surface area contributed by atoms with Gasteiger partial charge in [-0.15, -0.1) is 0 Å². The Kier molecular flexibility index (Phi) is 5.22. The lowest BCUT2D eigenvalue weighted by atomic mass is 10.2. The maximum atomic E-state index is 10.6. The van der Waals surface area contributed by atoms with Gasteiger partial charge in [0.25, 0.3) is 0 Å². The fourth-order valence-electron chi connectivity index (χ4n) is 1.18. The van der Waals surface area contributed by atoms with E-state index in [0.717, 1.165) is 12.0 Å². The van der Waals surface area contributed by atoms with Gasteiger partial charge in [0, 0.05) is 19.7 Å². The number of aliphatic hydroxyl groups is 1. The van der Waals surface area contributed by atoms with Crippen molar-refractivity contribution in [2.24, 2.45) is 0 Å². The highest BCUT2D eigenvalue weighted by Gasteiger charge is 1.91. The van der Waals surface area contributed by atoms with Crippen molar-refractivity contribution in [3.05, 3.63) is 35.7 Å². The van der Waals surface area contributed by atoms with Crippen molar-refractivity contribution >= 4 is 12.0 Å². The van der Waals surface area contributed by atoms with Crippen LogP contribution in [0.15, 0.2) is 24.4 Å². The first-order valence-electron chi connectivity index (χ1n) is 5.19. The molecule has 0 atom stereocenters. The summed E-state index contributed by atoms with van der Waals surface area (Å²) in [5.41, 5.74) is 1.65. The molecule has 1 rings (SSSR count). The van der Waals surface area contributed by atoms with E-state index in [1.165, 1.54) is 6.92 Å². The molecule has 86 valence electrons. The van der Waals surface area contributed by atoms with E-state index < -0.39 is 0 Å². The zero-order valence-corrected chi connectivity index (χ0v) is 9.31. The molecule has 16 heavy (non-hydrogen) atoms. The van der Waals surface area contributed by atoms with Crippen LogP contribution < -0.4 is 5.32 Å². The molecule has 4 nitrogen and oxygen atoms in total. The number of aromatic nitrogens is 1. The van der Waals surface area contributed by atoms with Crippen LogP contribution >= 0.6 is 0 Å². The molecule has 0 unspecified atom stereocenters. The molecule has 0 saturated carbocycles. The normalized spacial score (nSPS) is 10.6. The second-order valence-electron chi connectivity index (χ2n) is 3.41. The number of carbonyl (C=O) groups is 1. The average Bonchev–Trinajstić information content (AvgIpc) is 2.29. The molecular weight excluding hydrogens is 204 g/mol. The molecule has 2 N–H and O–H groups in total. The fraction of sp³-hybridized carbons (Fsp3) is 0.333.